The van der Waals surface area contributed by atoms with Gasteiger partial charge in [0.15, 0.2) is 23.8 Å². The molecule has 0 aromatic carbocycles. The zero-order valence-electron chi connectivity index (χ0n) is 37.0. The summed E-state index contributed by atoms with van der Waals surface area (Å²) in [5, 5.41) is 68.2. The molecule has 1 aliphatic rings. The molecule has 0 radical (unpaired) electrons. The average molecular weight is 1080 g/mol. The van der Waals surface area contributed by atoms with Crippen LogP contribution in [0, 0.1) is 0 Å². The predicted molar refractivity (Wildman–Crippen MR) is 226 cm³/mol. The number of phosphoric acid groups is 3. The molecule has 70 heavy (non-hydrogen) atoms. The van der Waals surface area contributed by atoms with Gasteiger partial charge in [0, 0.05) is 53.9 Å². The molecule has 1 saturated heterocycles. The first-order valence-corrected chi connectivity index (χ1v) is 22.9. The Labute approximate surface area is 393 Å². The average Bonchev–Trinajstić information content (AvgIpc) is 3.71. The molecule has 2 aromatic rings. The van der Waals surface area contributed by atoms with Gasteiger partial charge in [-0.1, -0.05) is 0 Å². The number of hydrogen-bond acceptors (Lipinski definition) is 25. The number of nitrogens with two attached hydrogens (primary N) is 3. The van der Waals surface area contributed by atoms with Gasteiger partial charge in [-0.25, -0.2) is 28.6 Å². The summed E-state index contributed by atoms with van der Waals surface area (Å²) in [5.74, 6) is -8.90. The third-order valence-corrected chi connectivity index (χ3v) is 10.2. The summed E-state index contributed by atoms with van der Waals surface area (Å²) in [6.45, 7) is 0.477. The van der Waals surface area contributed by atoms with Gasteiger partial charge in [-0.15, -0.1) is 0 Å². The van der Waals surface area contributed by atoms with E-state index in [0.29, 0.717) is 13.1 Å². The Hall–Kier alpha value is -5.72. The van der Waals surface area contributed by atoms with Crippen molar-refractivity contribution in [3.63, 3.8) is 0 Å². The van der Waals surface area contributed by atoms with E-state index in [0.717, 1.165) is 54.7 Å². The Bertz CT molecular complexity index is 2090. The van der Waals surface area contributed by atoms with Crippen LogP contribution < -0.4 is 17.2 Å². The highest BCUT2D eigenvalue weighted by Gasteiger charge is 2.50. The van der Waals surface area contributed by atoms with Crippen molar-refractivity contribution in [2.45, 2.75) is 52.2 Å². The highest BCUT2D eigenvalue weighted by Crippen LogP contribution is 2.66. The van der Waals surface area contributed by atoms with E-state index in [9.17, 15) is 52.9 Å². The second-order valence-electron chi connectivity index (χ2n) is 12.7. The summed E-state index contributed by atoms with van der Waals surface area (Å²) in [6.07, 6.45) is -4.95. The lowest BCUT2D eigenvalue weighted by atomic mass is 10.1. The number of aliphatic carboxylic acids is 7. The number of aliphatic hydroxyl groups is 1. The van der Waals surface area contributed by atoms with Gasteiger partial charge in [-0.05, 0) is 0 Å². The fraction of sp³-hybridized carbons (Fsp3) is 0.567. The number of aliphatic hydroxyl groups excluding tert-OH is 1. The summed E-state index contributed by atoms with van der Waals surface area (Å²) in [4.78, 5) is 133. The van der Waals surface area contributed by atoms with E-state index >= 15 is 0 Å². The second kappa shape index (κ2) is 33.7. The van der Waals surface area contributed by atoms with Crippen molar-refractivity contribution in [3.05, 3.63) is 12.7 Å². The van der Waals surface area contributed by atoms with Gasteiger partial charge >= 0.3 is 47.3 Å². The van der Waals surface area contributed by atoms with E-state index in [2.05, 4.69) is 28.1 Å². The minimum atomic E-state index is -5.93. The third kappa shape index (κ3) is 35.4. The van der Waals surface area contributed by atoms with E-state index in [1.165, 1.54) is 0 Å². The molecule has 0 saturated carbocycles. The van der Waals surface area contributed by atoms with Crippen molar-refractivity contribution < 1.29 is 135 Å². The number of phosphoric ester groups is 1. The molecule has 2 aromatic heterocycles. The summed E-state index contributed by atoms with van der Waals surface area (Å²) in [7, 11) is -17.4. The van der Waals surface area contributed by atoms with Crippen molar-refractivity contribution >= 4 is 88.2 Å². The normalized spacial score (nSPS) is 17.6. The monoisotopic (exact) mass is 1080 g/mol. The topological polar surface area (TPSA) is 605 Å². The maximum Gasteiger partial charge on any atom is 0.490 e. The molecule has 1 aliphatic heterocycles. The van der Waals surface area contributed by atoms with Crippen LogP contribution >= 0.6 is 23.5 Å². The number of carboxylic acids is 7. The zero-order chi connectivity index (χ0) is 55.3. The van der Waals surface area contributed by atoms with Crippen molar-refractivity contribution in [1.29, 1.82) is 0 Å². The maximum absolute atomic E-state index is 13.0. The number of esters is 1. The van der Waals surface area contributed by atoms with Crippen LogP contribution in [0.2, 0.25) is 0 Å². The number of carbonyl (C=O) groups is 8. The minimum Gasteiger partial charge on any atom is -0.481 e. The molecule has 0 spiro atoms. The smallest absolute Gasteiger partial charge is 0.481 e. The van der Waals surface area contributed by atoms with E-state index in [1.807, 2.05) is 0 Å². The molecule has 40 heteroatoms. The van der Waals surface area contributed by atoms with Gasteiger partial charge < -0.3 is 87.1 Å². The number of ether oxygens (including phenoxy) is 2. The number of carbonyl (C=O) groups excluding carboxylic acids is 1. The van der Waals surface area contributed by atoms with Crippen molar-refractivity contribution in [1.82, 2.24) is 29.3 Å². The number of nitrogen functional groups attached to an aromatic ring is 1. The summed E-state index contributed by atoms with van der Waals surface area (Å²) in [6, 6.07) is 0. The molecule has 402 valence electrons. The van der Waals surface area contributed by atoms with Gasteiger partial charge in [0.25, 0.3) is 23.9 Å². The van der Waals surface area contributed by atoms with Gasteiger partial charge in [0.1, 0.15) is 24.1 Å². The predicted octanol–water partition coefficient (Wildman–Crippen LogP) is -3.95. The van der Waals surface area contributed by atoms with E-state index in [1.54, 1.807) is 0 Å². The SMILES string of the molecule is CC(=O)O.CC(=O)O.CC(=O)O.CC(=O)O.NCCN.Nc1ncnc2c1ncn2[C@@H]1O[C@H](COP(=O)(O)OP(=O)(O)OP(=O)(O)O)[C@@H](OC(=O)CN(CCN(CC(=O)O)CC(=O)O)CC(=O)O)[C@H]1O. The number of fused-ring (bicyclic) bond motifs is 1. The van der Waals surface area contributed by atoms with Crippen LogP contribution in [0.3, 0.4) is 0 Å². The van der Waals surface area contributed by atoms with Crippen LogP contribution in [-0.4, -0.2) is 215 Å². The molecule has 0 bridgehead atoms. The van der Waals surface area contributed by atoms with Crippen LogP contribution in [0.15, 0.2) is 12.7 Å². The van der Waals surface area contributed by atoms with Gasteiger partial charge in [0.05, 0.1) is 39.1 Å². The van der Waals surface area contributed by atoms with Gasteiger partial charge in [-0.3, -0.25) is 57.2 Å². The van der Waals surface area contributed by atoms with Crippen LogP contribution in [0.1, 0.15) is 33.9 Å². The number of anilines is 1. The number of rotatable bonds is 21. The number of aromatic nitrogens is 4. The number of imidazole rings is 1. The Balaban J connectivity index is -0.00000189. The minimum absolute atomic E-state index is 0.0138. The Kier molecular flexibility index (Phi) is 33.0. The molecule has 0 aliphatic carbocycles. The number of hydrogen-bond donors (Lipinski definition) is 15. The highest BCUT2D eigenvalue weighted by molar-refractivity contribution is 7.66. The zero-order valence-corrected chi connectivity index (χ0v) is 39.7. The molecule has 18 N–H and O–H groups in total. The Morgan fingerprint density at radius 2 is 1.10 bits per heavy atom. The molecule has 0 amide bonds. The van der Waals surface area contributed by atoms with Crippen LogP contribution in [0.4, 0.5) is 5.82 Å². The first kappa shape index (κ1) is 68.5. The van der Waals surface area contributed by atoms with Crippen molar-refractivity contribution in [2.24, 2.45) is 11.5 Å². The molecule has 3 rings (SSSR count). The first-order chi connectivity index (χ1) is 31.9. The second-order valence-corrected chi connectivity index (χ2v) is 17.2. The largest absolute Gasteiger partial charge is 0.490 e. The van der Waals surface area contributed by atoms with E-state index in [-0.39, 0.29) is 30.1 Å². The maximum atomic E-state index is 13.0. The number of nitrogens with zero attached hydrogens (tertiary/aromatic N) is 6. The molecule has 1 fully saturated rings. The lowest BCUT2D eigenvalue weighted by Crippen LogP contribution is -2.45. The Morgan fingerprint density at radius 3 is 1.49 bits per heavy atom. The third-order valence-electron chi connectivity index (χ3n) is 6.38. The molecule has 2 unspecified atom stereocenters. The van der Waals surface area contributed by atoms with Gasteiger partial charge in [-0.2, -0.15) is 8.62 Å². The van der Waals surface area contributed by atoms with Crippen molar-refractivity contribution in [2.75, 3.05) is 64.7 Å². The van der Waals surface area contributed by atoms with Crippen LogP contribution in [-0.2, 0) is 74.7 Å². The van der Waals surface area contributed by atoms with E-state index in [4.69, 9.17) is 86.3 Å². The molecular weight excluding hydrogens is 1030 g/mol. The fourth-order valence-electron chi connectivity index (χ4n) is 4.41. The van der Waals surface area contributed by atoms with Crippen LogP contribution in [0.5, 0.6) is 0 Å². The summed E-state index contributed by atoms with van der Waals surface area (Å²) >= 11 is 0. The number of carboxylic acid groups (broad SMARTS) is 7. The lowest BCUT2D eigenvalue weighted by molar-refractivity contribution is -0.158. The molecule has 3 heterocycles. The Morgan fingerprint density at radius 1 is 0.686 bits per heavy atom. The highest BCUT2D eigenvalue weighted by atomic mass is 31.3. The van der Waals surface area contributed by atoms with E-state index < -0.39 is 129 Å². The van der Waals surface area contributed by atoms with Gasteiger partial charge in [0.2, 0.25) is 0 Å². The van der Waals surface area contributed by atoms with Crippen LogP contribution in [0.25, 0.3) is 11.2 Å². The molecule has 37 nitrogen and oxygen atoms in total. The summed E-state index contributed by atoms with van der Waals surface area (Å²) in [5.41, 5.74) is 15.6. The fourth-order valence-corrected chi connectivity index (χ4v) is 7.44. The molecular formula is C30H54N9O28P3. The molecule has 6 atom stereocenters. The lowest BCUT2D eigenvalue weighted by Gasteiger charge is -2.26. The standard InChI is InChI=1S/C20H30N7O20P3.C2H8N2.4C2H4O2/c21-18-15-19(23-8-22-18)27(9-24-15)20-16(35)17(10(44-20)7-43-49(39,40)47-50(41,42)46-48(36,37)38)45-14(34)6-26(5-13(32)33)2-1-25(3-11(28)29)4-12(30)31;3-1-2-4;4*1-2(3)4/h8-10,16-17,20,35H,1-7H2,(H,28,29)(H,30,31)(H,32,33)(H,39,40)(H,41,42)(H2,21,22,23)(H2,36,37,38);1-4H2;4*1H3,(H,3,4)/t10-,16-,17-,20-;;;;;/m1...../s1. The quantitative estimate of drug-likeness (QED) is 0.0419. The first-order valence-electron chi connectivity index (χ1n) is 18.4. The summed E-state index contributed by atoms with van der Waals surface area (Å²) < 4.78 is 59.0. The van der Waals surface area contributed by atoms with Crippen molar-refractivity contribution in [3.8, 4) is 0 Å².